The molecule has 0 aliphatic heterocycles. The lowest BCUT2D eigenvalue weighted by Crippen LogP contribution is -2.25. The maximum Gasteiger partial charge on any atom is 0.310 e. The number of thioether (sulfide) groups is 1. The van der Waals surface area contributed by atoms with Gasteiger partial charge in [-0.15, -0.1) is 0 Å². The molecule has 4 nitrogen and oxygen atoms in total. The molecule has 1 atom stereocenters. The summed E-state index contributed by atoms with van der Waals surface area (Å²) in [6, 6.07) is 0. The molecule has 0 fully saturated rings. The fourth-order valence-electron chi connectivity index (χ4n) is 0.821. The molecular weight excluding hydrogens is 178 g/mol. The fraction of sp³-hybridized carbons (Fsp3) is 0.714. The average Bonchev–Trinajstić information content (AvgIpc) is 2.01. The van der Waals surface area contributed by atoms with Crippen LogP contribution in [0.2, 0.25) is 0 Å². The minimum atomic E-state index is -0.473. The highest BCUT2D eigenvalue weighted by Crippen LogP contribution is 2.11. The van der Waals surface area contributed by atoms with Crippen LogP contribution in [0.3, 0.4) is 0 Å². The highest BCUT2D eigenvalue weighted by atomic mass is 32.2. The summed E-state index contributed by atoms with van der Waals surface area (Å²) in [5, 5.41) is 0. The van der Waals surface area contributed by atoms with E-state index in [-0.39, 0.29) is 12.4 Å². The second kappa shape index (κ2) is 5.88. The van der Waals surface area contributed by atoms with Gasteiger partial charge < -0.3 is 10.5 Å². The zero-order valence-corrected chi connectivity index (χ0v) is 8.02. The maximum absolute atomic E-state index is 11.0. The third-order valence-corrected chi connectivity index (χ3v) is 2.09. The molecular formula is C7H13NO3S. The van der Waals surface area contributed by atoms with Gasteiger partial charge in [-0.1, -0.05) is 0 Å². The lowest BCUT2D eigenvalue weighted by atomic mass is 10.1. The minimum Gasteiger partial charge on any atom is -0.469 e. The first-order valence-electron chi connectivity index (χ1n) is 3.46. The molecule has 0 rings (SSSR count). The van der Waals surface area contributed by atoms with Crippen LogP contribution in [0.5, 0.6) is 0 Å². The minimum absolute atomic E-state index is 0.0630. The Morgan fingerprint density at radius 1 is 1.58 bits per heavy atom. The first-order valence-corrected chi connectivity index (χ1v) is 4.86. The van der Waals surface area contributed by atoms with Crippen LogP contribution in [0.25, 0.3) is 0 Å². The number of ether oxygens (including phenoxy) is 1. The van der Waals surface area contributed by atoms with Crippen molar-refractivity contribution < 1.29 is 14.3 Å². The summed E-state index contributed by atoms with van der Waals surface area (Å²) >= 11 is 1.49. The summed E-state index contributed by atoms with van der Waals surface area (Å²) in [5.74, 6) is -0.680. The lowest BCUT2D eigenvalue weighted by molar-refractivity contribution is -0.146. The number of methoxy groups -OCH3 is 1. The second-order valence-corrected chi connectivity index (χ2v) is 3.26. The van der Waals surface area contributed by atoms with E-state index >= 15 is 0 Å². The van der Waals surface area contributed by atoms with E-state index in [0.717, 1.165) is 0 Å². The van der Waals surface area contributed by atoms with Gasteiger partial charge in [0.15, 0.2) is 0 Å². The normalized spacial score (nSPS) is 12.2. The Hall–Kier alpha value is -0.710. The summed E-state index contributed by atoms with van der Waals surface area (Å²) in [4.78, 5) is 21.5. The van der Waals surface area contributed by atoms with Crippen molar-refractivity contribution in [2.24, 2.45) is 11.7 Å². The topological polar surface area (TPSA) is 69.4 Å². The van der Waals surface area contributed by atoms with E-state index in [0.29, 0.717) is 5.75 Å². The Kier molecular flexibility index (Phi) is 5.53. The molecule has 0 aromatic heterocycles. The van der Waals surface area contributed by atoms with Crippen molar-refractivity contribution in [2.75, 3.05) is 19.1 Å². The molecule has 12 heavy (non-hydrogen) atoms. The van der Waals surface area contributed by atoms with E-state index in [9.17, 15) is 9.59 Å². The molecule has 1 unspecified atom stereocenters. The zero-order valence-electron chi connectivity index (χ0n) is 7.20. The molecule has 1 amide bonds. The van der Waals surface area contributed by atoms with Gasteiger partial charge in [-0.25, -0.2) is 0 Å². The summed E-state index contributed by atoms with van der Waals surface area (Å²) < 4.78 is 4.51. The number of hydrogen-bond acceptors (Lipinski definition) is 4. The lowest BCUT2D eigenvalue weighted by Gasteiger charge is -2.10. The van der Waals surface area contributed by atoms with E-state index in [1.807, 2.05) is 6.26 Å². The predicted octanol–water partition coefficient (Wildman–Crippen LogP) is 0.0140. The number of nitrogens with two attached hydrogens (primary N) is 1. The Morgan fingerprint density at radius 2 is 2.17 bits per heavy atom. The highest BCUT2D eigenvalue weighted by Gasteiger charge is 2.20. The van der Waals surface area contributed by atoms with E-state index in [2.05, 4.69) is 4.74 Å². The molecule has 0 aromatic carbocycles. The number of carbonyl (C=O) groups is 2. The van der Waals surface area contributed by atoms with Crippen LogP contribution in [-0.2, 0) is 14.3 Å². The molecule has 0 saturated heterocycles. The summed E-state index contributed by atoms with van der Waals surface area (Å²) in [6.07, 6.45) is 1.92. The average molecular weight is 191 g/mol. The maximum atomic E-state index is 11.0. The molecule has 0 heterocycles. The molecule has 70 valence electrons. The van der Waals surface area contributed by atoms with Crippen molar-refractivity contribution in [3.05, 3.63) is 0 Å². The standard InChI is InChI=1S/C7H13NO3S/c1-11-7(10)5(4-12-2)3-6(8)9/h5H,3-4H2,1-2H3,(H2,8,9). The number of esters is 1. The summed E-state index contributed by atoms with van der Waals surface area (Å²) in [6.45, 7) is 0. The molecule has 0 aromatic rings. The van der Waals surface area contributed by atoms with Crippen LogP contribution in [-0.4, -0.2) is 31.0 Å². The van der Waals surface area contributed by atoms with Crippen LogP contribution in [0.1, 0.15) is 6.42 Å². The summed E-state index contributed by atoms with van der Waals surface area (Å²) in [5.41, 5.74) is 4.96. The van der Waals surface area contributed by atoms with Crippen molar-refractivity contribution in [3.63, 3.8) is 0 Å². The van der Waals surface area contributed by atoms with E-state index < -0.39 is 11.8 Å². The van der Waals surface area contributed by atoms with Gasteiger partial charge >= 0.3 is 5.97 Å². The Balaban J connectivity index is 4.02. The van der Waals surface area contributed by atoms with Crippen molar-refractivity contribution in [1.29, 1.82) is 0 Å². The van der Waals surface area contributed by atoms with Gasteiger partial charge in [0.2, 0.25) is 5.91 Å². The van der Waals surface area contributed by atoms with Crippen molar-refractivity contribution in [3.8, 4) is 0 Å². The Bertz CT molecular complexity index is 172. The van der Waals surface area contributed by atoms with Gasteiger partial charge in [-0.05, 0) is 6.26 Å². The number of primary amides is 1. The molecule has 0 spiro atoms. The van der Waals surface area contributed by atoms with Crippen LogP contribution >= 0.6 is 11.8 Å². The Morgan fingerprint density at radius 3 is 2.50 bits per heavy atom. The van der Waals surface area contributed by atoms with E-state index in [1.54, 1.807) is 0 Å². The zero-order chi connectivity index (χ0) is 9.56. The van der Waals surface area contributed by atoms with E-state index in [4.69, 9.17) is 5.73 Å². The van der Waals surface area contributed by atoms with Crippen LogP contribution in [0, 0.1) is 5.92 Å². The van der Waals surface area contributed by atoms with Crippen molar-refractivity contribution in [2.45, 2.75) is 6.42 Å². The fourth-order valence-corrected chi connectivity index (χ4v) is 1.48. The largest absolute Gasteiger partial charge is 0.469 e. The first-order chi connectivity index (χ1) is 5.61. The summed E-state index contributed by atoms with van der Waals surface area (Å²) in [7, 11) is 1.30. The van der Waals surface area contributed by atoms with Crippen LogP contribution in [0.4, 0.5) is 0 Å². The predicted molar refractivity (Wildman–Crippen MR) is 47.7 cm³/mol. The monoisotopic (exact) mass is 191 g/mol. The second-order valence-electron chi connectivity index (χ2n) is 2.35. The first kappa shape index (κ1) is 11.3. The van der Waals surface area contributed by atoms with Crippen molar-refractivity contribution >= 4 is 23.6 Å². The van der Waals surface area contributed by atoms with Gasteiger partial charge in [0, 0.05) is 12.2 Å². The van der Waals surface area contributed by atoms with Gasteiger partial charge in [0.05, 0.1) is 13.0 Å². The van der Waals surface area contributed by atoms with Crippen molar-refractivity contribution in [1.82, 2.24) is 0 Å². The van der Waals surface area contributed by atoms with Crippen LogP contribution < -0.4 is 5.73 Å². The molecule has 0 bridgehead atoms. The third kappa shape index (κ3) is 4.23. The van der Waals surface area contributed by atoms with E-state index in [1.165, 1.54) is 18.9 Å². The highest BCUT2D eigenvalue weighted by molar-refractivity contribution is 7.98. The number of rotatable bonds is 5. The molecule has 0 aliphatic carbocycles. The molecule has 5 heteroatoms. The number of hydrogen-bond donors (Lipinski definition) is 1. The SMILES string of the molecule is COC(=O)C(CSC)CC(N)=O. The van der Waals surface area contributed by atoms with Gasteiger partial charge in [0.1, 0.15) is 0 Å². The molecule has 0 saturated carbocycles. The van der Waals surface area contributed by atoms with Gasteiger partial charge in [-0.2, -0.15) is 11.8 Å². The molecule has 2 N–H and O–H groups in total. The van der Waals surface area contributed by atoms with Gasteiger partial charge in [-0.3, -0.25) is 9.59 Å². The third-order valence-electron chi connectivity index (χ3n) is 1.35. The molecule has 0 radical (unpaired) electrons. The Labute approximate surface area is 75.8 Å². The number of carbonyl (C=O) groups excluding carboxylic acids is 2. The smallest absolute Gasteiger partial charge is 0.310 e. The van der Waals surface area contributed by atoms with Crippen LogP contribution in [0.15, 0.2) is 0 Å². The molecule has 0 aliphatic rings. The van der Waals surface area contributed by atoms with Gasteiger partial charge in [0.25, 0.3) is 0 Å². The number of amides is 1. The quantitative estimate of drug-likeness (QED) is 0.622.